The highest BCUT2D eigenvalue weighted by molar-refractivity contribution is 9.10. The van der Waals surface area contributed by atoms with Gasteiger partial charge in [0.15, 0.2) is 0 Å². The molecule has 20 heavy (non-hydrogen) atoms. The van der Waals surface area contributed by atoms with Gasteiger partial charge in [-0.25, -0.2) is 4.39 Å². The third-order valence-corrected chi connectivity index (χ3v) is 3.82. The van der Waals surface area contributed by atoms with Crippen molar-refractivity contribution in [2.45, 2.75) is 38.8 Å². The predicted octanol–water partition coefficient (Wildman–Crippen LogP) is 3.82. The molecule has 0 amide bonds. The molecule has 1 aromatic carbocycles. The molecule has 0 saturated heterocycles. The van der Waals surface area contributed by atoms with E-state index >= 15 is 0 Å². The zero-order valence-electron chi connectivity index (χ0n) is 11.8. The van der Waals surface area contributed by atoms with Crippen molar-refractivity contribution >= 4 is 15.9 Å². The van der Waals surface area contributed by atoms with E-state index in [0.29, 0.717) is 11.3 Å². The first-order chi connectivity index (χ1) is 9.33. The SMILES string of the molecule is CC(C)n1ncc(Br)c1C(C)(O)Cc1ccccc1F. The number of nitrogens with zero attached hydrogens (tertiary/aromatic N) is 2. The average molecular weight is 341 g/mol. The van der Waals surface area contributed by atoms with Crippen LogP contribution in [0.15, 0.2) is 34.9 Å². The standard InChI is InChI=1S/C15H18BrFN2O/c1-10(2)19-14(12(16)9-18-19)15(3,20)8-11-6-4-5-7-13(11)17/h4-7,9-10,20H,8H2,1-3H3. The summed E-state index contributed by atoms with van der Waals surface area (Å²) in [7, 11) is 0. The van der Waals surface area contributed by atoms with Gasteiger partial charge >= 0.3 is 0 Å². The van der Waals surface area contributed by atoms with Gasteiger partial charge in [0, 0.05) is 12.5 Å². The number of aliphatic hydroxyl groups is 1. The van der Waals surface area contributed by atoms with Gasteiger partial charge in [0.25, 0.3) is 0 Å². The second kappa shape index (κ2) is 5.66. The molecular weight excluding hydrogens is 323 g/mol. The second-order valence-corrected chi connectivity index (χ2v) is 6.28. The van der Waals surface area contributed by atoms with Gasteiger partial charge in [-0.05, 0) is 48.3 Å². The van der Waals surface area contributed by atoms with E-state index in [2.05, 4.69) is 21.0 Å². The highest BCUT2D eigenvalue weighted by Gasteiger charge is 2.32. The summed E-state index contributed by atoms with van der Waals surface area (Å²) in [6.45, 7) is 5.66. The molecule has 0 aliphatic rings. The normalized spacial score (nSPS) is 14.6. The first-order valence-corrected chi connectivity index (χ1v) is 7.31. The molecule has 1 N–H and O–H groups in total. The van der Waals surface area contributed by atoms with E-state index in [0.717, 1.165) is 4.47 Å². The van der Waals surface area contributed by atoms with Crippen LogP contribution in [-0.2, 0) is 12.0 Å². The maximum Gasteiger partial charge on any atom is 0.126 e. The third kappa shape index (κ3) is 2.94. The summed E-state index contributed by atoms with van der Waals surface area (Å²) in [5.41, 5.74) is -0.0569. The summed E-state index contributed by atoms with van der Waals surface area (Å²) in [6.07, 6.45) is 1.85. The molecular formula is C15H18BrFN2O. The van der Waals surface area contributed by atoms with Crippen molar-refractivity contribution < 1.29 is 9.50 Å². The fourth-order valence-corrected chi connectivity index (χ4v) is 3.03. The fourth-order valence-electron chi connectivity index (χ4n) is 2.33. The van der Waals surface area contributed by atoms with Crippen LogP contribution < -0.4 is 0 Å². The van der Waals surface area contributed by atoms with Crippen LogP contribution >= 0.6 is 15.9 Å². The molecule has 3 nitrogen and oxygen atoms in total. The van der Waals surface area contributed by atoms with Crippen molar-refractivity contribution in [3.8, 4) is 0 Å². The van der Waals surface area contributed by atoms with Crippen LogP contribution in [0.2, 0.25) is 0 Å². The van der Waals surface area contributed by atoms with Crippen LogP contribution in [0.3, 0.4) is 0 Å². The van der Waals surface area contributed by atoms with Crippen LogP contribution in [0.5, 0.6) is 0 Å². The lowest BCUT2D eigenvalue weighted by molar-refractivity contribution is 0.0450. The molecule has 2 aromatic rings. The Balaban J connectivity index is 2.40. The van der Waals surface area contributed by atoms with Gasteiger partial charge in [-0.1, -0.05) is 18.2 Å². The van der Waals surface area contributed by atoms with Gasteiger partial charge in [0.2, 0.25) is 0 Å². The molecule has 0 aliphatic heterocycles. The maximum atomic E-state index is 13.8. The largest absolute Gasteiger partial charge is 0.383 e. The van der Waals surface area contributed by atoms with Gasteiger partial charge < -0.3 is 5.11 Å². The number of rotatable bonds is 4. The zero-order valence-corrected chi connectivity index (χ0v) is 13.4. The summed E-state index contributed by atoms with van der Waals surface area (Å²) in [5, 5.41) is 15.1. The van der Waals surface area contributed by atoms with E-state index in [-0.39, 0.29) is 18.3 Å². The number of halogens is 2. The molecule has 1 unspecified atom stereocenters. The number of hydrogen-bond donors (Lipinski definition) is 1. The summed E-state index contributed by atoms with van der Waals surface area (Å²) in [5.74, 6) is -0.306. The molecule has 108 valence electrons. The van der Waals surface area contributed by atoms with Gasteiger partial charge in [-0.2, -0.15) is 5.10 Å². The number of hydrogen-bond acceptors (Lipinski definition) is 2. The molecule has 0 saturated carbocycles. The monoisotopic (exact) mass is 340 g/mol. The molecule has 0 fully saturated rings. The predicted molar refractivity (Wildman–Crippen MR) is 80.0 cm³/mol. The molecule has 0 bridgehead atoms. The van der Waals surface area contributed by atoms with Crippen molar-refractivity contribution in [3.05, 3.63) is 52.0 Å². The Morgan fingerprint density at radius 2 is 2.05 bits per heavy atom. The van der Waals surface area contributed by atoms with Crippen LogP contribution in [0.25, 0.3) is 0 Å². The first kappa shape index (κ1) is 15.2. The number of benzene rings is 1. The van der Waals surface area contributed by atoms with Crippen LogP contribution in [0.4, 0.5) is 4.39 Å². The van der Waals surface area contributed by atoms with Crippen LogP contribution in [0, 0.1) is 5.82 Å². The summed E-state index contributed by atoms with van der Waals surface area (Å²) >= 11 is 3.42. The Hall–Kier alpha value is -1.20. The van der Waals surface area contributed by atoms with Crippen molar-refractivity contribution in [2.24, 2.45) is 0 Å². The van der Waals surface area contributed by atoms with Crippen LogP contribution in [-0.4, -0.2) is 14.9 Å². The van der Waals surface area contributed by atoms with Gasteiger partial charge in [0.1, 0.15) is 11.4 Å². The molecule has 5 heteroatoms. The van der Waals surface area contributed by atoms with Gasteiger partial charge in [-0.3, -0.25) is 4.68 Å². The molecule has 2 rings (SSSR count). The molecule has 0 spiro atoms. The lowest BCUT2D eigenvalue weighted by Gasteiger charge is -2.26. The molecule has 1 heterocycles. The summed E-state index contributed by atoms with van der Waals surface area (Å²) in [4.78, 5) is 0. The van der Waals surface area contributed by atoms with E-state index < -0.39 is 5.60 Å². The Bertz CT molecular complexity index is 608. The Kier molecular flexibility index (Phi) is 4.30. The Morgan fingerprint density at radius 3 is 2.65 bits per heavy atom. The first-order valence-electron chi connectivity index (χ1n) is 6.52. The van der Waals surface area contributed by atoms with Crippen LogP contribution in [0.1, 0.15) is 38.1 Å². The second-order valence-electron chi connectivity index (χ2n) is 5.42. The smallest absolute Gasteiger partial charge is 0.126 e. The molecule has 1 atom stereocenters. The van der Waals surface area contributed by atoms with E-state index in [1.54, 1.807) is 36.0 Å². The van der Waals surface area contributed by atoms with Crippen molar-refractivity contribution in [1.29, 1.82) is 0 Å². The third-order valence-electron chi connectivity index (χ3n) is 3.24. The maximum absolute atomic E-state index is 13.8. The topological polar surface area (TPSA) is 38.0 Å². The fraction of sp³-hybridized carbons (Fsp3) is 0.400. The minimum absolute atomic E-state index is 0.114. The van der Waals surface area contributed by atoms with E-state index in [4.69, 9.17) is 0 Å². The van der Waals surface area contributed by atoms with Gasteiger partial charge in [0.05, 0.1) is 16.4 Å². The molecule has 0 aliphatic carbocycles. The molecule has 0 radical (unpaired) electrons. The Labute approximate surface area is 126 Å². The molecule has 1 aromatic heterocycles. The lowest BCUT2D eigenvalue weighted by Crippen LogP contribution is -2.29. The van der Waals surface area contributed by atoms with E-state index in [1.165, 1.54) is 6.07 Å². The van der Waals surface area contributed by atoms with Crippen molar-refractivity contribution in [1.82, 2.24) is 9.78 Å². The minimum atomic E-state index is -1.21. The highest BCUT2D eigenvalue weighted by atomic mass is 79.9. The van der Waals surface area contributed by atoms with E-state index in [1.807, 2.05) is 13.8 Å². The lowest BCUT2D eigenvalue weighted by atomic mass is 9.92. The zero-order chi connectivity index (χ0) is 14.9. The van der Waals surface area contributed by atoms with Crippen molar-refractivity contribution in [3.63, 3.8) is 0 Å². The highest BCUT2D eigenvalue weighted by Crippen LogP contribution is 2.33. The number of aromatic nitrogens is 2. The Morgan fingerprint density at radius 1 is 1.40 bits per heavy atom. The summed E-state index contributed by atoms with van der Waals surface area (Å²) in [6, 6.07) is 6.61. The van der Waals surface area contributed by atoms with Crippen molar-refractivity contribution in [2.75, 3.05) is 0 Å². The van der Waals surface area contributed by atoms with Gasteiger partial charge in [-0.15, -0.1) is 0 Å². The quantitative estimate of drug-likeness (QED) is 0.918. The minimum Gasteiger partial charge on any atom is -0.383 e. The average Bonchev–Trinajstić information content (AvgIpc) is 2.75. The van der Waals surface area contributed by atoms with E-state index in [9.17, 15) is 9.50 Å². The summed E-state index contributed by atoms with van der Waals surface area (Å²) < 4.78 is 16.3.